The molecule has 3 aromatic rings. The van der Waals surface area contributed by atoms with E-state index in [1.807, 2.05) is 30.5 Å². The van der Waals surface area contributed by atoms with Gasteiger partial charge in [-0.2, -0.15) is 0 Å². The molecule has 0 spiro atoms. The zero-order chi connectivity index (χ0) is 17.9. The molecule has 1 unspecified atom stereocenters. The molecule has 1 aromatic carbocycles. The van der Waals surface area contributed by atoms with Crippen LogP contribution in [0.25, 0.3) is 0 Å². The standard InChI is InChI=1S/C19H19N5O2/c1-24-17-6-5-15(26-12-14-10-22-18(25-2)11-21-14)8-16(17)23-19(24)13-4-3-7-20-9-13/h3-11,19,23H,12H2,1-2H3. The Kier molecular flexibility index (Phi) is 4.27. The van der Waals surface area contributed by atoms with Crippen LogP contribution in [0.5, 0.6) is 11.6 Å². The van der Waals surface area contributed by atoms with Crippen LogP contribution in [0.1, 0.15) is 17.4 Å². The molecule has 26 heavy (non-hydrogen) atoms. The fourth-order valence-corrected chi connectivity index (χ4v) is 2.94. The molecule has 0 bridgehead atoms. The van der Waals surface area contributed by atoms with Crippen molar-refractivity contribution in [3.8, 4) is 11.6 Å². The van der Waals surface area contributed by atoms with E-state index in [2.05, 4.69) is 38.3 Å². The fourth-order valence-electron chi connectivity index (χ4n) is 2.94. The van der Waals surface area contributed by atoms with Gasteiger partial charge in [0.25, 0.3) is 0 Å². The summed E-state index contributed by atoms with van der Waals surface area (Å²) in [6.07, 6.45) is 6.94. The summed E-state index contributed by atoms with van der Waals surface area (Å²) in [5.41, 5.74) is 4.00. The van der Waals surface area contributed by atoms with E-state index in [4.69, 9.17) is 9.47 Å². The van der Waals surface area contributed by atoms with Crippen LogP contribution in [0.3, 0.4) is 0 Å². The Morgan fingerprint density at radius 1 is 1.15 bits per heavy atom. The Balaban J connectivity index is 1.47. The first-order valence-corrected chi connectivity index (χ1v) is 8.25. The number of anilines is 2. The quantitative estimate of drug-likeness (QED) is 0.759. The van der Waals surface area contributed by atoms with E-state index >= 15 is 0 Å². The lowest BCUT2D eigenvalue weighted by Gasteiger charge is -2.21. The average Bonchev–Trinajstić information content (AvgIpc) is 3.03. The molecule has 1 aliphatic rings. The minimum atomic E-state index is 0.0569. The number of nitrogens with zero attached hydrogens (tertiary/aromatic N) is 4. The number of ether oxygens (including phenoxy) is 2. The summed E-state index contributed by atoms with van der Waals surface area (Å²) < 4.78 is 10.9. The first-order valence-electron chi connectivity index (χ1n) is 8.25. The van der Waals surface area contributed by atoms with E-state index in [0.29, 0.717) is 12.5 Å². The van der Waals surface area contributed by atoms with Gasteiger partial charge in [-0.1, -0.05) is 6.07 Å². The van der Waals surface area contributed by atoms with Crippen molar-refractivity contribution in [2.24, 2.45) is 0 Å². The van der Waals surface area contributed by atoms with E-state index in [1.165, 1.54) is 0 Å². The Labute approximate surface area is 151 Å². The Morgan fingerprint density at radius 3 is 2.81 bits per heavy atom. The van der Waals surface area contributed by atoms with Crippen LogP contribution in [0.2, 0.25) is 0 Å². The van der Waals surface area contributed by atoms with Crippen molar-refractivity contribution in [3.63, 3.8) is 0 Å². The van der Waals surface area contributed by atoms with E-state index < -0.39 is 0 Å². The summed E-state index contributed by atoms with van der Waals surface area (Å²) in [7, 11) is 3.62. The summed E-state index contributed by atoms with van der Waals surface area (Å²) >= 11 is 0. The number of pyridine rings is 1. The molecule has 2 aromatic heterocycles. The van der Waals surface area contributed by atoms with Crippen LogP contribution in [-0.2, 0) is 6.61 Å². The lowest BCUT2D eigenvalue weighted by Crippen LogP contribution is -2.23. The van der Waals surface area contributed by atoms with Crippen molar-refractivity contribution in [2.45, 2.75) is 12.8 Å². The highest BCUT2D eigenvalue weighted by Gasteiger charge is 2.27. The molecule has 1 N–H and O–H groups in total. The molecule has 1 aliphatic heterocycles. The molecule has 0 fully saturated rings. The van der Waals surface area contributed by atoms with Crippen LogP contribution in [0, 0.1) is 0 Å². The number of rotatable bonds is 5. The van der Waals surface area contributed by atoms with Gasteiger partial charge in [0.1, 0.15) is 18.5 Å². The largest absolute Gasteiger partial charge is 0.487 e. The number of benzene rings is 1. The fraction of sp³-hybridized carbons (Fsp3) is 0.211. The van der Waals surface area contributed by atoms with Crippen molar-refractivity contribution >= 4 is 11.4 Å². The number of nitrogens with one attached hydrogen (secondary N) is 1. The molecule has 7 nitrogen and oxygen atoms in total. The lowest BCUT2D eigenvalue weighted by atomic mass is 10.2. The third-order valence-electron chi connectivity index (χ3n) is 4.31. The summed E-state index contributed by atoms with van der Waals surface area (Å²) in [5.74, 6) is 1.26. The van der Waals surface area contributed by atoms with E-state index in [-0.39, 0.29) is 6.17 Å². The Morgan fingerprint density at radius 2 is 2.08 bits per heavy atom. The first-order chi connectivity index (χ1) is 12.7. The molecule has 0 amide bonds. The SMILES string of the molecule is COc1cnc(COc2ccc3c(c2)NC(c2cccnc2)N3C)cn1. The van der Waals surface area contributed by atoms with Gasteiger partial charge in [-0.05, 0) is 18.2 Å². The molecule has 0 aliphatic carbocycles. The highest BCUT2D eigenvalue weighted by molar-refractivity contribution is 5.77. The Hall–Kier alpha value is -3.35. The highest BCUT2D eigenvalue weighted by Crippen LogP contribution is 2.41. The van der Waals surface area contributed by atoms with Crippen molar-refractivity contribution in [3.05, 3.63) is 66.4 Å². The summed E-state index contributed by atoms with van der Waals surface area (Å²) in [6, 6.07) is 10.0. The minimum absolute atomic E-state index is 0.0569. The predicted molar refractivity (Wildman–Crippen MR) is 98.4 cm³/mol. The van der Waals surface area contributed by atoms with Crippen molar-refractivity contribution < 1.29 is 9.47 Å². The molecule has 132 valence electrons. The Bertz CT molecular complexity index is 886. The maximum Gasteiger partial charge on any atom is 0.231 e. The molecule has 0 saturated heterocycles. The van der Waals surface area contributed by atoms with Gasteiger partial charge in [0.05, 0.1) is 36.6 Å². The van der Waals surface area contributed by atoms with Crippen molar-refractivity contribution in [1.82, 2.24) is 15.0 Å². The monoisotopic (exact) mass is 349 g/mol. The zero-order valence-corrected chi connectivity index (χ0v) is 14.6. The molecular formula is C19H19N5O2. The van der Waals surface area contributed by atoms with Crippen LogP contribution in [0.15, 0.2) is 55.1 Å². The third kappa shape index (κ3) is 3.11. The zero-order valence-electron chi connectivity index (χ0n) is 14.6. The van der Waals surface area contributed by atoms with Crippen LogP contribution in [-0.4, -0.2) is 29.1 Å². The smallest absolute Gasteiger partial charge is 0.231 e. The summed E-state index contributed by atoms with van der Waals surface area (Å²) in [6.45, 7) is 0.345. The molecule has 1 atom stereocenters. The summed E-state index contributed by atoms with van der Waals surface area (Å²) in [5, 5.41) is 3.52. The number of fused-ring (bicyclic) bond motifs is 1. The second kappa shape index (κ2) is 6.87. The first kappa shape index (κ1) is 16.1. The lowest BCUT2D eigenvalue weighted by molar-refractivity contribution is 0.300. The molecule has 0 saturated carbocycles. The van der Waals surface area contributed by atoms with E-state index in [1.54, 1.807) is 25.7 Å². The predicted octanol–water partition coefficient (Wildman–Crippen LogP) is 3.02. The third-order valence-corrected chi connectivity index (χ3v) is 4.31. The minimum Gasteiger partial charge on any atom is -0.487 e. The van der Waals surface area contributed by atoms with Gasteiger partial charge in [0, 0.05) is 31.1 Å². The van der Waals surface area contributed by atoms with Gasteiger partial charge in [-0.25, -0.2) is 4.98 Å². The van der Waals surface area contributed by atoms with E-state index in [0.717, 1.165) is 28.4 Å². The number of aromatic nitrogens is 3. The highest BCUT2D eigenvalue weighted by atomic mass is 16.5. The second-order valence-corrected chi connectivity index (χ2v) is 5.96. The normalized spacial score (nSPS) is 15.3. The number of hydrogen-bond acceptors (Lipinski definition) is 7. The molecule has 0 radical (unpaired) electrons. The van der Waals surface area contributed by atoms with Gasteiger partial charge in [0.2, 0.25) is 5.88 Å². The van der Waals surface area contributed by atoms with Gasteiger partial charge >= 0.3 is 0 Å². The van der Waals surface area contributed by atoms with Crippen molar-refractivity contribution in [1.29, 1.82) is 0 Å². The van der Waals surface area contributed by atoms with Crippen molar-refractivity contribution in [2.75, 3.05) is 24.4 Å². The second-order valence-electron chi connectivity index (χ2n) is 5.96. The van der Waals surface area contributed by atoms with Gasteiger partial charge in [-0.15, -0.1) is 0 Å². The summed E-state index contributed by atoms with van der Waals surface area (Å²) in [4.78, 5) is 14.8. The molecule has 3 heterocycles. The van der Waals surface area contributed by atoms with Crippen LogP contribution >= 0.6 is 0 Å². The van der Waals surface area contributed by atoms with Crippen LogP contribution in [0.4, 0.5) is 11.4 Å². The average molecular weight is 349 g/mol. The van der Waals surface area contributed by atoms with E-state index in [9.17, 15) is 0 Å². The van der Waals surface area contributed by atoms with Gasteiger partial charge in [0.15, 0.2) is 0 Å². The number of methoxy groups -OCH3 is 1. The topological polar surface area (TPSA) is 72.4 Å². The number of hydrogen-bond donors (Lipinski definition) is 1. The molecule has 4 rings (SSSR count). The molecular weight excluding hydrogens is 330 g/mol. The van der Waals surface area contributed by atoms with Crippen LogP contribution < -0.4 is 19.7 Å². The maximum absolute atomic E-state index is 5.85. The van der Waals surface area contributed by atoms with Gasteiger partial charge < -0.3 is 19.7 Å². The molecule has 7 heteroatoms. The maximum atomic E-state index is 5.85. The van der Waals surface area contributed by atoms with Gasteiger partial charge in [-0.3, -0.25) is 9.97 Å².